The number of thiophene rings is 1. The number of ether oxygens (including phenoxy) is 1. The van der Waals surface area contributed by atoms with Crippen molar-refractivity contribution in [3.63, 3.8) is 0 Å². The molecule has 3 aromatic rings. The molecule has 1 atom stereocenters. The van der Waals surface area contributed by atoms with Crippen LogP contribution in [0.3, 0.4) is 0 Å². The summed E-state index contributed by atoms with van der Waals surface area (Å²) in [5, 5.41) is 13.1. The Balaban J connectivity index is 1.76. The van der Waals surface area contributed by atoms with Crippen molar-refractivity contribution in [3.05, 3.63) is 62.8 Å². The second-order valence-corrected chi connectivity index (χ2v) is 8.00. The zero-order chi connectivity index (χ0) is 21.7. The lowest BCUT2D eigenvalue weighted by molar-refractivity contribution is -0.148. The van der Waals surface area contributed by atoms with Gasteiger partial charge in [0.05, 0.1) is 18.6 Å². The Morgan fingerprint density at radius 3 is 2.63 bits per heavy atom. The predicted molar refractivity (Wildman–Crippen MR) is 112 cm³/mol. The molecule has 1 aromatic carbocycles. The van der Waals surface area contributed by atoms with Crippen LogP contribution in [0.1, 0.15) is 31.9 Å². The van der Waals surface area contributed by atoms with Crippen LogP contribution in [-0.4, -0.2) is 37.8 Å². The first-order valence-corrected chi connectivity index (χ1v) is 10.4. The number of carbonyl (C=O) groups excluding carboxylic acids is 2. The third-order valence-electron chi connectivity index (χ3n) is 4.00. The van der Waals surface area contributed by atoms with E-state index >= 15 is 0 Å². The number of carbonyl (C=O) groups is 2. The molecule has 0 aliphatic rings. The first kappa shape index (κ1) is 21.7. The van der Waals surface area contributed by atoms with Crippen molar-refractivity contribution >= 4 is 34.8 Å². The molecule has 0 saturated heterocycles. The highest BCUT2D eigenvalue weighted by Crippen LogP contribution is 2.25. The highest BCUT2D eigenvalue weighted by atomic mass is 35.5. The number of nitrogens with zero attached hydrogens (tertiary/aromatic N) is 4. The average Bonchev–Trinajstić information content (AvgIpc) is 3.31. The van der Waals surface area contributed by atoms with Crippen LogP contribution in [0.4, 0.5) is 0 Å². The number of esters is 1. The van der Waals surface area contributed by atoms with Gasteiger partial charge in [0.2, 0.25) is 5.91 Å². The van der Waals surface area contributed by atoms with Crippen molar-refractivity contribution in [1.29, 1.82) is 0 Å². The molecule has 1 N–H and O–H groups in total. The molecule has 0 fully saturated rings. The molecule has 0 spiro atoms. The van der Waals surface area contributed by atoms with Crippen molar-refractivity contribution in [3.8, 4) is 5.00 Å². The Morgan fingerprint density at radius 2 is 1.97 bits per heavy atom. The number of rotatable bonds is 8. The Kier molecular flexibility index (Phi) is 7.01. The highest BCUT2D eigenvalue weighted by molar-refractivity contribution is 7.12. The van der Waals surface area contributed by atoms with Gasteiger partial charge < -0.3 is 10.1 Å². The van der Waals surface area contributed by atoms with Crippen molar-refractivity contribution < 1.29 is 14.3 Å². The van der Waals surface area contributed by atoms with Gasteiger partial charge in [0, 0.05) is 5.02 Å². The number of nitrogens with one attached hydrogen (secondary N) is 1. The molecule has 2 heterocycles. The van der Waals surface area contributed by atoms with E-state index in [1.807, 2.05) is 0 Å². The zero-order valence-electron chi connectivity index (χ0n) is 16.3. The van der Waals surface area contributed by atoms with Gasteiger partial charge in [-0.1, -0.05) is 29.8 Å². The quantitative estimate of drug-likeness (QED) is 0.529. The minimum absolute atomic E-state index is 0.107. The molecular weight excluding hydrogens is 430 g/mol. The second kappa shape index (κ2) is 9.68. The monoisotopic (exact) mass is 449 g/mol. The van der Waals surface area contributed by atoms with Crippen molar-refractivity contribution in [1.82, 2.24) is 25.1 Å². The van der Waals surface area contributed by atoms with Gasteiger partial charge in [-0.3, -0.25) is 9.59 Å². The number of hydrogen-bond donors (Lipinski definition) is 1. The van der Waals surface area contributed by atoms with E-state index in [2.05, 4.69) is 15.7 Å². The fraction of sp³-hybridized carbons (Fsp3) is 0.316. The molecule has 2 aromatic heterocycles. The van der Waals surface area contributed by atoms with Gasteiger partial charge in [-0.05, 0) is 53.4 Å². The summed E-state index contributed by atoms with van der Waals surface area (Å²) >= 11 is 7.58. The van der Waals surface area contributed by atoms with Gasteiger partial charge in [0.15, 0.2) is 0 Å². The number of hydrogen-bond acceptors (Lipinski definition) is 7. The van der Waals surface area contributed by atoms with Crippen molar-refractivity contribution in [2.45, 2.75) is 39.0 Å². The Bertz CT molecular complexity index is 1080. The van der Waals surface area contributed by atoms with Crippen LogP contribution in [0.2, 0.25) is 5.02 Å². The minimum atomic E-state index is -0.722. The van der Waals surface area contributed by atoms with Crippen molar-refractivity contribution in [2.24, 2.45) is 0 Å². The number of amides is 1. The highest BCUT2D eigenvalue weighted by Gasteiger charge is 2.23. The SMILES string of the molecule is CC(C)OC(=O)CC(NC(=O)Cn1nnn(-c2cccs2)c1=O)c1ccccc1Cl. The molecule has 0 bridgehead atoms. The van der Waals surface area contributed by atoms with Crippen LogP contribution < -0.4 is 11.0 Å². The molecule has 1 amide bonds. The molecule has 3 rings (SSSR count). The van der Waals surface area contributed by atoms with Crippen LogP contribution in [0.15, 0.2) is 46.6 Å². The van der Waals surface area contributed by atoms with Gasteiger partial charge >= 0.3 is 11.7 Å². The summed E-state index contributed by atoms with van der Waals surface area (Å²) in [5.41, 5.74) is 0.0314. The predicted octanol–water partition coefficient (Wildman–Crippen LogP) is 2.34. The van der Waals surface area contributed by atoms with Crippen molar-refractivity contribution in [2.75, 3.05) is 0 Å². The molecule has 0 saturated carbocycles. The lowest BCUT2D eigenvalue weighted by Gasteiger charge is -2.20. The largest absolute Gasteiger partial charge is 0.463 e. The number of aromatic nitrogens is 4. The number of benzene rings is 1. The topological polar surface area (TPSA) is 108 Å². The van der Waals surface area contributed by atoms with Gasteiger partial charge in [-0.15, -0.1) is 11.3 Å². The van der Waals surface area contributed by atoms with E-state index in [1.165, 1.54) is 11.3 Å². The zero-order valence-corrected chi connectivity index (χ0v) is 17.9. The summed E-state index contributed by atoms with van der Waals surface area (Å²) in [6.45, 7) is 3.12. The third-order valence-corrected chi connectivity index (χ3v) is 5.19. The molecule has 30 heavy (non-hydrogen) atoms. The minimum Gasteiger partial charge on any atom is -0.463 e. The molecule has 158 valence electrons. The van der Waals surface area contributed by atoms with E-state index in [0.717, 1.165) is 9.36 Å². The Labute approximate surface area is 181 Å². The van der Waals surface area contributed by atoms with Crippen LogP contribution in [0.5, 0.6) is 0 Å². The van der Waals surface area contributed by atoms with E-state index in [-0.39, 0.29) is 19.1 Å². The van der Waals surface area contributed by atoms with Gasteiger partial charge in [-0.2, -0.15) is 9.36 Å². The van der Waals surface area contributed by atoms with Crippen LogP contribution in [0, 0.1) is 0 Å². The summed E-state index contributed by atoms with van der Waals surface area (Å²) in [5.74, 6) is -0.992. The Morgan fingerprint density at radius 1 is 1.20 bits per heavy atom. The molecule has 9 nitrogen and oxygen atoms in total. The lowest BCUT2D eigenvalue weighted by atomic mass is 10.0. The maximum atomic E-state index is 12.6. The molecule has 0 aliphatic heterocycles. The standard InChI is InChI=1S/C19H20ClN5O4S/c1-12(2)29-18(27)10-15(13-6-3-4-7-14(13)20)21-16(26)11-24-19(28)25(23-22-24)17-8-5-9-30-17/h3-9,12,15H,10-11H2,1-2H3,(H,21,26). The molecule has 0 aliphatic carbocycles. The molecular formula is C19H20ClN5O4S. The normalized spacial score (nSPS) is 12.0. The lowest BCUT2D eigenvalue weighted by Crippen LogP contribution is -2.36. The maximum absolute atomic E-state index is 12.6. The first-order valence-electron chi connectivity index (χ1n) is 9.15. The first-order chi connectivity index (χ1) is 14.3. The van der Waals surface area contributed by atoms with Crippen LogP contribution >= 0.6 is 22.9 Å². The fourth-order valence-corrected chi connectivity index (χ4v) is 3.69. The van der Waals surface area contributed by atoms with Gasteiger partial charge in [-0.25, -0.2) is 4.79 Å². The van der Waals surface area contributed by atoms with E-state index in [9.17, 15) is 14.4 Å². The number of tetrazole rings is 1. The second-order valence-electron chi connectivity index (χ2n) is 6.67. The van der Waals surface area contributed by atoms with E-state index in [4.69, 9.17) is 16.3 Å². The summed E-state index contributed by atoms with van der Waals surface area (Å²) in [6.07, 6.45) is -0.393. The molecule has 1 unspecified atom stereocenters. The smallest absolute Gasteiger partial charge is 0.369 e. The fourth-order valence-electron chi connectivity index (χ4n) is 2.75. The average molecular weight is 450 g/mol. The van der Waals surface area contributed by atoms with E-state index in [0.29, 0.717) is 15.6 Å². The third kappa shape index (κ3) is 5.33. The Hall–Kier alpha value is -2.98. The summed E-state index contributed by atoms with van der Waals surface area (Å²) < 4.78 is 7.26. The van der Waals surface area contributed by atoms with Gasteiger partial charge in [0.1, 0.15) is 11.5 Å². The van der Waals surface area contributed by atoms with Crippen LogP contribution in [0.25, 0.3) is 5.00 Å². The summed E-state index contributed by atoms with van der Waals surface area (Å²) in [6, 6.07) is 9.67. The van der Waals surface area contributed by atoms with E-state index in [1.54, 1.807) is 55.6 Å². The molecule has 0 radical (unpaired) electrons. The molecule has 11 heteroatoms. The summed E-state index contributed by atoms with van der Waals surface area (Å²) in [7, 11) is 0. The number of halogens is 1. The summed E-state index contributed by atoms with van der Waals surface area (Å²) in [4.78, 5) is 37.2. The maximum Gasteiger partial charge on any atom is 0.369 e. The van der Waals surface area contributed by atoms with E-state index < -0.39 is 23.6 Å². The van der Waals surface area contributed by atoms with Gasteiger partial charge in [0.25, 0.3) is 0 Å². The van der Waals surface area contributed by atoms with Crippen LogP contribution in [-0.2, 0) is 20.9 Å².